The molecule has 1 aromatic rings. The summed E-state index contributed by atoms with van der Waals surface area (Å²) in [7, 11) is 0. The number of carbonyl (C=O) groups is 1. The van der Waals surface area contributed by atoms with Crippen molar-refractivity contribution in [3.05, 3.63) is 17.5 Å². The smallest absolute Gasteiger partial charge is 0.322 e. The lowest BCUT2D eigenvalue weighted by Gasteiger charge is -2.00. The first-order chi connectivity index (χ1) is 5.68. The molecule has 0 aliphatic carbocycles. The van der Waals surface area contributed by atoms with Gasteiger partial charge in [0.2, 0.25) is 0 Å². The summed E-state index contributed by atoms with van der Waals surface area (Å²) in [5.74, 6) is -0.554. The molecule has 0 fully saturated rings. The highest BCUT2D eigenvalue weighted by Gasteiger charge is 1.98. The van der Waals surface area contributed by atoms with Gasteiger partial charge in [-0.05, 0) is 0 Å². The average molecular weight is 224 g/mol. The Morgan fingerprint density at radius 2 is 2.31 bits per heavy atom. The van der Waals surface area contributed by atoms with E-state index < -0.39 is 5.97 Å². The third kappa shape index (κ3) is 4.49. The quantitative estimate of drug-likeness (QED) is 0.750. The van der Waals surface area contributed by atoms with Crippen molar-refractivity contribution in [2.45, 2.75) is 0 Å². The lowest BCUT2D eigenvalue weighted by molar-refractivity contribution is -0.134. The highest BCUT2D eigenvalue weighted by Crippen LogP contribution is 2.07. The Bertz CT molecular complexity index is 295. The van der Waals surface area contributed by atoms with Crippen LogP contribution < -0.4 is 5.32 Å². The summed E-state index contributed by atoms with van der Waals surface area (Å²) >= 11 is 5.52. The van der Waals surface area contributed by atoms with Gasteiger partial charge in [-0.3, -0.25) is 4.79 Å². The highest BCUT2D eigenvalue weighted by molar-refractivity contribution is 6.29. The summed E-state index contributed by atoms with van der Waals surface area (Å²) in [6.07, 6.45) is 1.26. The van der Waals surface area contributed by atoms with Crippen molar-refractivity contribution < 1.29 is 9.90 Å². The van der Waals surface area contributed by atoms with Gasteiger partial charge < -0.3 is 10.4 Å². The van der Waals surface area contributed by atoms with Crippen molar-refractivity contribution in [1.82, 2.24) is 9.97 Å². The fourth-order valence-electron chi connectivity index (χ4n) is 0.596. The van der Waals surface area contributed by atoms with E-state index in [1.165, 1.54) is 12.4 Å². The van der Waals surface area contributed by atoms with E-state index in [1.54, 1.807) is 0 Å². The van der Waals surface area contributed by atoms with Gasteiger partial charge in [0, 0.05) is 6.07 Å². The summed E-state index contributed by atoms with van der Waals surface area (Å²) in [6, 6.07) is 1.45. The maximum absolute atomic E-state index is 10.1. The van der Waals surface area contributed by atoms with Gasteiger partial charge in [-0.1, -0.05) is 11.6 Å². The van der Waals surface area contributed by atoms with Crippen molar-refractivity contribution in [3.8, 4) is 0 Å². The summed E-state index contributed by atoms with van der Waals surface area (Å²) in [4.78, 5) is 17.5. The molecule has 0 saturated heterocycles. The topological polar surface area (TPSA) is 75.1 Å². The molecule has 1 heterocycles. The Morgan fingerprint density at radius 3 is 2.85 bits per heavy atom. The molecule has 1 aromatic heterocycles. The predicted molar refractivity (Wildman–Crippen MR) is 50.4 cm³/mol. The fraction of sp³-hybridized carbons (Fsp3) is 0.167. The van der Waals surface area contributed by atoms with Gasteiger partial charge in [0.05, 0.1) is 0 Å². The largest absolute Gasteiger partial charge is 0.480 e. The van der Waals surface area contributed by atoms with Gasteiger partial charge in [-0.25, -0.2) is 9.97 Å². The third-order valence-corrected chi connectivity index (χ3v) is 1.26. The van der Waals surface area contributed by atoms with E-state index in [1.807, 2.05) is 0 Å². The molecule has 7 heteroatoms. The second-order valence-electron chi connectivity index (χ2n) is 1.97. The van der Waals surface area contributed by atoms with E-state index >= 15 is 0 Å². The minimum Gasteiger partial charge on any atom is -0.480 e. The van der Waals surface area contributed by atoms with E-state index in [2.05, 4.69) is 15.3 Å². The summed E-state index contributed by atoms with van der Waals surface area (Å²) in [5.41, 5.74) is 0. The number of aliphatic carboxylic acids is 1. The molecule has 0 aromatic carbocycles. The van der Waals surface area contributed by atoms with Crippen LogP contribution in [0.4, 0.5) is 5.82 Å². The van der Waals surface area contributed by atoms with Crippen molar-refractivity contribution in [1.29, 1.82) is 0 Å². The van der Waals surface area contributed by atoms with Crippen molar-refractivity contribution in [3.63, 3.8) is 0 Å². The Morgan fingerprint density at radius 1 is 1.62 bits per heavy atom. The number of hydrogen-bond donors (Lipinski definition) is 2. The number of hydrogen-bond acceptors (Lipinski definition) is 4. The summed E-state index contributed by atoms with van der Waals surface area (Å²) in [5, 5.41) is 11.1. The van der Waals surface area contributed by atoms with Gasteiger partial charge in [0.1, 0.15) is 23.8 Å². The number of nitrogens with one attached hydrogen (secondary N) is 1. The molecule has 0 aliphatic rings. The van der Waals surface area contributed by atoms with Gasteiger partial charge >= 0.3 is 5.97 Å². The van der Waals surface area contributed by atoms with E-state index in [9.17, 15) is 4.79 Å². The minimum atomic E-state index is -0.954. The number of carboxylic acid groups (broad SMARTS) is 1. The molecule has 0 radical (unpaired) electrons. The molecule has 0 unspecified atom stereocenters. The number of rotatable bonds is 3. The van der Waals surface area contributed by atoms with Crippen LogP contribution in [0, 0.1) is 0 Å². The van der Waals surface area contributed by atoms with Crippen LogP contribution in [0.25, 0.3) is 0 Å². The van der Waals surface area contributed by atoms with Crippen LogP contribution in [0.2, 0.25) is 5.15 Å². The molecule has 0 bridgehead atoms. The molecule has 0 aliphatic heterocycles. The highest BCUT2D eigenvalue weighted by atomic mass is 35.5. The zero-order valence-electron chi connectivity index (χ0n) is 6.40. The lowest BCUT2D eigenvalue weighted by atomic mass is 10.5. The van der Waals surface area contributed by atoms with Crippen molar-refractivity contribution in [2.24, 2.45) is 0 Å². The molecule has 0 atom stereocenters. The van der Waals surface area contributed by atoms with Crippen LogP contribution in [0.1, 0.15) is 0 Å². The number of aromatic nitrogens is 2. The molecule has 72 valence electrons. The molecule has 5 nitrogen and oxygen atoms in total. The third-order valence-electron chi connectivity index (χ3n) is 1.05. The average Bonchev–Trinajstić information content (AvgIpc) is 2.01. The van der Waals surface area contributed by atoms with Crippen molar-refractivity contribution >= 4 is 35.8 Å². The molecular weight excluding hydrogens is 217 g/mol. The second-order valence-corrected chi connectivity index (χ2v) is 2.36. The normalized spacial score (nSPS) is 8.69. The summed E-state index contributed by atoms with van der Waals surface area (Å²) < 4.78 is 0. The van der Waals surface area contributed by atoms with Crippen LogP contribution in [0.3, 0.4) is 0 Å². The Labute approximate surface area is 85.6 Å². The molecule has 0 saturated carbocycles. The van der Waals surface area contributed by atoms with Gasteiger partial charge in [-0.2, -0.15) is 0 Å². The zero-order chi connectivity index (χ0) is 8.97. The fourth-order valence-corrected chi connectivity index (χ4v) is 0.743. The first-order valence-electron chi connectivity index (χ1n) is 3.11. The predicted octanol–water partition coefficient (Wildman–Crippen LogP) is 1.05. The van der Waals surface area contributed by atoms with Gasteiger partial charge in [0.25, 0.3) is 0 Å². The molecule has 13 heavy (non-hydrogen) atoms. The number of halogens is 2. The van der Waals surface area contributed by atoms with E-state index in [0.717, 1.165) is 0 Å². The summed E-state index contributed by atoms with van der Waals surface area (Å²) in [6.45, 7) is -0.187. The van der Waals surface area contributed by atoms with Crippen LogP contribution >= 0.6 is 24.0 Å². The van der Waals surface area contributed by atoms with E-state index in [4.69, 9.17) is 16.7 Å². The standard InChI is InChI=1S/C6H6ClN3O2.ClH/c7-4-1-5(10-3-9-4)8-2-6(11)12;/h1,3H,2H2,(H,11,12)(H,8,9,10);1H. The van der Waals surface area contributed by atoms with Crippen LogP contribution in [-0.4, -0.2) is 27.6 Å². The van der Waals surface area contributed by atoms with Crippen LogP contribution in [-0.2, 0) is 4.79 Å². The Balaban J connectivity index is 0.00000144. The van der Waals surface area contributed by atoms with Crippen molar-refractivity contribution in [2.75, 3.05) is 11.9 Å². The van der Waals surface area contributed by atoms with Gasteiger partial charge in [-0.15, -0.1) is 12.4 Å². The monoisotopic (exact) mass is 223 g/mol. The molecule has 1 rings (SSSR count). The Hall–Kier alpha value is -1.07. The maximum atomic E-state index is 10.1. The Kier molecular flexibility index (Phi) is 5.10. The lowest BCUT2D eigenvalue weighted by Crippen LogP contribution is -2.13. The van der Waals surface area contributed by atoms with E-state index in [-0.39, 0.29) is 24.1 Å². The molecule has 0 amide bonds. The van der Waals surface area contributed by atoms with Gasteiger partial charge in [0.15, 0.2) is 0 Å². The molecule has 2 N–H and O–H groups in total. The van der Waals surface area contributed by atoms with Crippen LogP contribution in [0.5, 0.6) is 0 Å². The number of anilines is 1. The maximum Gasteiger partial charge on any atom is 0.322 e. The minimum absolute atomic E-state index is 0. The number of carboxylic acids is 1. The van der Waals surface area contributed by atoms with Crippen LogP contribution in [0.15, 0.2) is 12.4 Å². The number of nitrogens with zero attached hydrogens (tertiary/aromatic N) is 2. The molecular formula is C6H7Cl2N3O2. The second kappa shape index (κ2) is 5.55. The SMILES string of the molecule is Cl.O=C(O)CNc1cc(Cl)ncn1. The first kappa shape index (κ1) is 11.9. The zero-order valence-corrected chi connectivity index (χ0v) is 7.97. The first-order valence-corrected chi connectivity index (χ1v) is 3.49. The van der Waals surface area contributed by atoms with E-state index in [0.29, 0.717) is 5.82 Å². The molecule has 0 spiro atoms.